The van der Waals surface area contributed by atoms with Gasteiger partial charge in [-0.2, -0.15) is 8.42 Å². The van der Waals surface area contributed by atoms with Crippen LogP contribution < -0.4 is 10.6 Å². The van der Waals surface area contributed by atoms with Crippen molar-refractivity contribution in [3.63, 3.8) is 0 Å². The van der Waals surface area contributed by atoms with E-state index in [9.17, 15) is 18.0 Å². The minimum Gasteiger partial charge on any atom is -0.355 e. The molecule has 0 aliphatic carbocycles. The topological polar surface area (TPSA) is 108 Å². The molecule has 2 aliphatic heterocycles. The molecule has 0 bridgehead atoms. The number of nitrogens with zero attached hydrogens (tertiary/aromatic N) is 2. The molecule has 0 spiro atoms. The maximum atomic E-state index is 13.0. The van der Waals surface area contributed by atoms with Gasteiger partial charge in [0.25, 0.3) is 15.9 Å². The van der Waals surface area contributed by atoms with Gasteiger partial charge in [-0.15, -0.1) is 11.0 Å². The summed E-state index contributed by atoms with van der Waals surface area (Å²) in [4.78, 5) is 27.5. The van der Waals surface area contributed by atoms with Crippen LogP contribution in [0, 0.1) is 5.92 Å². The summed E-state index contributed by atoms with van der Waals surface area (Å²) in [6.07, 6.45) is 2.97. The number of amides is 2. The molecule has 2 aromatic carbocycles. The molecule has 4 rings (SSSR count). The average molecular weight is 453 g/mol. The second-order valence-electron chi connectivity index (χ2n) is 7.70. The summed E-state index contributed by atoms with van der Waals surface area (Å²) in [5.41, 5.74) is 1.37. The summed E-state index contributed by atoms with van der Waals surface area (Å²) in [7, 11) is -3.72. The first-order valence-corrected chi connectivity index (χ1v) is 11.8. The van der Waals surface area contributed by atoms with E-state index in [0.29, 0.717) is 48.7 Å². The van der Waals surface area contributed by atoms with Crippen molar-refractivity contribution in [1.29, 1.82) is 0 Å². The van der Waals surface area contributed by atoms with Gasteiger partial charge in [0.1, 0.15) is 4.90 Å². The van der Waals surface area contributed by atoms with Gasteiger partial charge in [-0.25, -0.2) is 0 Å². The fourth-order valence-corrected chi connectivity index (χ4v) is 5.21. The third-order valence-corrected chi connectivity index (χ3v) is 6.87. The molecule has 0 radical (unpaired) electrons. The Balaban J connectivity index is 1.50. The summed E-state index contributed by atoms with van der Waals surface area (Å²) in [6, 6.07) is 13.5. The molecule has 2 heterocycles. The number of fused-ring (bicyclic) bond motifs is 1. The van der Waals surface area contributed by atoms with Crippen LogP contribution in [-0.2, 0) is 14.8 Å². The van der Waals surface area contributed by atoms with Gasteiger partial charge in [-0.1, -0.05) is 30.3 Å². The normalized spacial score (nSPS) is 18.9. The molecule has 1 fully saturated rings. The van der Waals surface area contributed by atoms with Crippen LogP contribution in [0.25, 0.3) is 0 Å². The van der Waals surface area contributed by atoms with Crippen molar-refractivity contribution in [3.8, 4) is 0 Å². The number of hydrogen-bond donors (Lipinski definition) is 2. The number of anilines is 1. The number of carbonyl (C=O) groups is 2. The van der Waals surface area contributed by atoms with Crippen LogP contribution in [0.3, 0.4) is 0 Å². The standard InChI is InChI=1S/C23H24N4O4S/c1-2-13-24-23(29)17-9-3-5-11-19(17)25-22(28)16-8-7-14-27(15-16)21-18-10-4-6-12-20(18)32(30,31)26-21/h2-6,9-12,16H,1,7-8,13-15H2,(H,24,29)(H,25,28)/t16-/m1/s1. The second-order valence-corrected chi connectivity index (χ2v) is 9.28. The lowest BCUT2D eigenvalue weighted by atomic mass is 9.96. The smallest absolute Gasteiger partial charge is 0.285 e. The Morgan fingerprint density at radius 1 is 1.16 bits per heavy atom. The van der Waals surface area contributed by atoms with Crippen LogP contribution in [0.5, 0.6) is 0 Å². The monoisotopic (exact) mass is 452 g/mol. The van der Waals surface area contributed by atoms with Crippen molar-refractivity contribution in [2.75, 3.05) is 25.0 Å². The van der Waals surface area contributed by atoms with Crippen LogP contribution >= 0.6 is 0 Å². The van der Waals surface area contributed by atoms with Crippen LogP contribution in [0.15, 0.2) is 70.5 Å². The summed E-state index contributed by atoms with van der Waals surface area (Å²) < 4.78 is 28.8. The Bertz CT molecular complexity index is 1210. The summed E-state index contributed by atoms with van der Waals surface area (Å²) in [5, 5.41) is 5.59. The van der Waals surface area contributed by atoms with E-state index in [4.69, 9.17) is 0 Å². The van der Waals surface area contributed by atoms with Crippen molar-refractivity contribution >= 4 is 33.4 Å². The van der Waals surface area contributed by atoms with Gasteiger partial charge < -0.3 is 15.5 Å². The molecule has 2 amide bonds. The highest BCUT2D eigenvalue weighted by molar-refractivity contribution is 7.90. The number of carbonyl (C=O) groups excluding carboxylic acids is 2. The van der Waals surface area contributed by atoms with Gasteiger partial charge in [0.05, 0.1) is 17.2 Å². The fraction of sp³-hybridized carbons (Fsp3) is 0.261. The third kappa shape index (κ3) is 4.29. The maximum absolute atomic E-state index is 13.0. The number of piperidine rings is 1. The zero-order valence-electron chi connectivity index (χ0n) is 17.5. The van der Waals surface area contributed by atoms with Crippen LogP contribution in [-0.4, -0.2) is 50.6 Å². The first-order valence-electron chi connectivity index (χ1n) is 10.4. The van der Waals surface area contributed by atoms with Crippen molar-refractivity contribution < 1.29 is 18.0 Å². The molecule has 166 valence electrons. The third-order valence-electron chi connectivity index (χ3n) is 5.54. The minimum absolute atomic E-state index is 0.195. The zero-order chi connectivity index (χ0) is 22.7. The van der Waals surface area contributed by atoms with E-state index in [1.807, 2.05) is 4.90 Å². The van der Waals surface area contributed by atoms with Crippen LogP contribution in [0.2, 0.25) is 0 Å². The molecule has 0 aromatic heterocycles. The lowest BCUT2D eigenvalue weighted by molar-refractivity contribution is -0.121. The first kappa shape index (κ1) is 21.8. The first-order chi connectivity index (χ1) is 15.4. The van der Waals surface area contributed by atoms with Gasteiger partial charge in [0.2, 0.25) is 5.91 Å². The second kappa shape index (κ2) is 8.96. The van der Waals surface area contributed by atoms with Gasteiger partial charge in [0, 0.05) is 25.2 Å². The molecular formula is C23H24N4O4S. The number of amidine groups is 1. The lowest BCUT2D eigenvalue weighted by Crippen LogP contribution is -2.43. The highest BCUT2D eigenvalue weighted by Crippen LogP contribution is 2.30. The Kier molecular flexibility index (Phi) is 6.09. The molecule has 1 saturated heterocycles. The molecule has 2 aliphatic rings. The Morgan fingerprint density at radius 2 is 1.91 bits per heavy atom. The van der Waals surface area contributed by atoms with E-state index in [2.05, 4.69) is 21.6 Å². The molecule has 2 aromatic rings. The van der Waals surface area contributed by atoms with Gasteiger partial charge in [0.15, 0.2) is 5.84 Å². The number of likely N-dealkylation sites (tertiary alicyclic amines) is 1. The molecule has 0 saturated carbocycles. The van der Waals surface area contributed by atoms with Crippen molar-refractivity contribution in [1.82, 2.24) is 10.2 Å². The Morgan fingerprint density at radius 3 is 2.72 bits per heavy atom. The average Bonchev–Trinajstić information content (AvgIpc) is 3.09. The quantitative estimate of drug-likeness (QED) is 0.678. The summed E-state index contributed by atoms with van der Waals surface area (Å²) >= 11 is 0. The number of hydrogen-bond acceptors (Lipinski definition) is 5. The molecule has 8 nitrogen and oxygen atoms in total. The van der Waals surface area contributed by atoms with Gasteiger partial charge >= 0.3 is 0 Å². The lowest BCUT2D eigenvalue weighted by Gasteiger charge is -2.33. The van der Waals surface area contributed by atoms with E-state index in [-0.39, 0.29) is 22.6 Å². The molecule has 32 heavy (non-hydrogen) atoms. The van der Waals surface area contributed by atoms with Crippen LogP contribution in [0.4, 0.5) is 5.69 Å². The summed E-state index contributed by atoms with van der Waals surface area (Å²) in [5.74, 6) is -0.491. The van der Waals surface area contributed by atoms with Crippen LogP contribution in [0.1, 0.15) is 28.8 Å². The van der Waals surface area contributed by atoms with E-state index in [0.717, 1.165) is 6.42 Å². The predicted octanol–water partition coefficient (Wildman–Crippen LogP) is 2.40. The predicted molar refractivity (Wildman–Crippen MR) is 122 cm³/mol. The van der Waals surface area contributed by atoms with E-state index >= 15 is 0 Å². The number of rotatable bonds is 5. The highest BCUT2D eigenvalue weighted by atomic mass is 32.2. The number of nitrogens with one attached hydrogen (secondary N) is 2. The number of benzene rings is 2. The minimum atomic E-state index is -3.72. The summed E-state index contributed by atoms with van der Waals surface area (Å²) in [6.45, 7) is 4.87. The fourth-order valence-electron chi connectivity index (χ4n) is 3.99. The maximum Gasteiger partial charge on any atom is 0.285 e. The van der Waals surface area contributed by atoms with E-state index < -0.39 is 10.0 Å². The molecule has 0 unspecified atom stereocenters. The van der Waals surface area contributed by atoms with Crippen molar-refractivity contribution in [3.05, 3.63) is 72.3 Å². The largest absolute Gasteiger partial charge is 0.355 e. The van der Waals surface area contributed by atoms with E-state index in [1.165, 1.54) is 0 Å². The highest BCUT2D eigenvalue weighted by Gasteiger charge is 2.35. The molecule has 1 atom stereocenters. The Hall–Kier alpha value is -3.46. The molecule has 2 N–H and O–H groups in total. The SMILES string of the molecule is C=CCNC(=O)c1ccccc1NC(=O)[C@@H]1CCCN(C2=NS(=O)(=O)c3ccccc32)C1. The van der Waals surface area contributed by atoms with E-state index in [1.54, 1.807) is 54.6 Å². The number of sulfonamides is 1. The molecule has 9 heteroatoms. The van der Waals surface area contributed by atoms with Gasteiger partial charge in [-0.05, 0) is 37.1 Å². The molecular weight excluding hydrogens is 428 g/mol. The van der Waals surface area contributed by atoms with Crippen molar-refractivity contribution in [2.45, 2.75) is 17.7 Å². The Labute approximate surface area is 187 Å². The van der Waals surface area contributed by atoms with Gasteiger partial charge in [-0.3, -0.25) is 9.59 Å². The zero-order valence-corrected chi connectivity index (χ0v) is 18.3. The van der Waals surface area contributed by atoms with Crippen molar-refractivity contribution in [2.24, 2.45) is 10.3 Å². The number of para-hydroxylation sites is 1.